The number of rotatable bonds is 3. The highest BCUT2D eigenvalue weighted by Gasteiger charge is 2.12. The predicted octanol–water partition coefficient (Wildman–Crippen LogP) is 1.87. The van der Waals surface area contributed by atoms with Gasteiger partial charge >= 0.3 is 5.69 Å². The topological polar surface area (TPSA) is 89.6 Å². The molecule has 0 unspecified atom stereocenters. The van der Waals surface area contributed by atoms with Gasteiger partial charge in [-0.15, -0.1) is 5.10 Å². The first-order valence-corrected chi connectivity index (χ1v) is 6.98. The number of nitrogens with two attached hydrogens (primary N) is 1. The predicted molar refractivity (Wildman–Crippen MR) is 78.8 cm³/mol. The summed E-state index contributed by atoms with van der Waals surface area (Å²) >= 11 is 1.40. The van der Waals surface area contributed by atoms with Gasteiger partial charge in [-0.05, 0) is 43.0 Å². The quantitative estimate of drug-likeness (QED) is 0.718. The third-order valence-electron chi connectivity index (χ3n) is 3.01. The van der Waals surface area contributed by atoms with Gasteiger partial charge in [-0.1, -0.05) is 0 Å². The van der Waals surface area contributed by atoms with Crippen molar-refractivity contribution in [2.75, 3.05) is 5.73 Å². The Labute approximate surface area is 119 Å². The van der Waals surface area contributed by atoms with Crippen LogP contribution in [0.1, 0.15) is 6.92 Å². The van der Waals surface area contributed by atoms with Crippen LogP contribution in [0.25, 0.3) is 10.9 Å². The first-order valence-electron chi connectivity index (χ1n) is 6.17. The van der Waals surface area contributed by atoms with Crippen molar-refractivity contribution < 1.29 is 0 Å². The molecule has 3 N–H and O–H groups in total. The van der Waals surface area contributed by atoms with Crippen molar-refractivity contribution in [3.8, 4) is 0 Å². The highest BCUT2D eigenvalue weighted by molar-refractivity contribution is 7.99. The summed E-state index contributed by atoms with van der Waals surface area (Å²) in [4.78, 5) is 16.9. The van der Waals surface area contributed by atoms with E-state index >= 15 is 0 Å². The molecule has 20 heavy (non-hydrogen) atoms. The minimum absolute atomic E-state index is 0.206. The number of nitrogen functional groups attached to an aromatic ring is 1. The van der Waals surface area contributed by atoms with Crippen molar-refractivity contribution in [2.45, 2.75) is 23.5 Å². The van der Waals surface area contributed by atoms with Gasteiger partial charge in [0.15, 0.2) is 5.16 Å². The first kappa shape index (κ1) is 12.7. The Morgan fingerprint density at radius 3 is 3.05 bits per heavy atom. The highest BCUT2D eigenvalue weighted by Crippen LogP contribution is 2.33. The van der Waals surface area contributed by atoms with Crippen LogP contribution < -0.4 is 11.4 Å². The standard InChI is InChI=1S/C13H13N5OS/c1-2-18-12(19)16-17-13(18)20-10-6-5-9(14)8-4-3-7-15-11(8)10/h3-7H,2,14H2,1H3,(H,16,19). The van der Waals surface area contributed by atoms with Crippen LogP contribution in [-0.4, -0.2) is 19.7 Å². The molecular weight excluding hydrogens is 274 g/mol. The second-order valence-electron chi connectivity index (χ2n) is 4.21. The third-order valence-corrected chi connectivity index (χ3v) is 4.05. The Morgan fingerprint density at radius 1 is 1.40 bits per heavy atom. The molecule has 0 fully saturated rings. The molecule has 2 aromatic heterocycles. The van der Waals surface area contributed by atoms with Gasteiger partial charge in [0, 0.05) is 28.7 Å². The molecule has 0 atom stereocenters. The van der Waals surface area contributed by atoms with Crippen molar-refractivity contribution in [1.29, 1.82) is 0 Å². The minimum Gasteiger partial charge on any atom is -0.398 e. The van der Waals surface area contributed by atoms with Gasteiger partial charge in [0.1, 0.15) is 0 Å². The Hall–Kier alpha value is -2.28. The second kappa shape index (κ2) is 5.01. The van der Waals surface area contributed by atoms with Gasteiger partial charge < -0.3 is 5.73 Å². The van der Waals surface area contributed by atoms with Gasteiger partial charge in [0.25, 0.3) is 0 Å². The van der Waals surface area contributed by atoms with Gasteiger partial charge in [-0.3, -0.25) is 9.55 Å². The second-order valence-corrected chi connectivity index (χ2v) is 5.22. The van der Waals surface area contributed by atoms with E-state index in [9.17, 15) is 4.79 Å². The van der Waals surface area contributed by atoms with Crippen LogP contribution >= 0.6 is 11.8 Å². The van der Waals surface area contributed by atoms with E-state index in [4.69, 9.17) is 5.73 Å². The Kier molecular flexibility index (Phi) is 3.19. The van der Waals surface area contributed by atoms with E-state index in [1.54, 1.807) is 10.8 Å². The zero-order valence-corrected chi connectivity index (χ0v) is 11.6. The number of nitrogens with one attached hydrogen (secondary N) is 1. The lowest BCUT2D eigenvalue weighted by Crippen LogP contribution is -2.16. The molecule has 0 aliphatic heterocycles. The van der Waals surface area contributed by atoms with Crippen LogP contribution in [0.2, 0.25) is 0 Å². The molecule has 0 amide bonds. The molecule has 1 aromatic carbocycles. The number of aromatic amines is 1. The molecular formula is C13H13N5OS. The van der Waals surface area contributed by atoms with E-state index in [1.165, 1.54) is 11.8 Å². The maximum absolute atomic E-state index is 11.6. The number of H-pyrrole nitrogens is 1. The molecule has 0 radical (unpaired) electrons. The van der Waals surface area contributed by atoms with Crippen molar-refractivity contribution in [3.63, 3.8) is 0 Å². The molecule has 6 nitrogen and oxygen atoms in total. The van der Waals surface area contributed by atoms with E-state index < -0.39 is 0 Å². The average Bonchev–Trinajstić information content (AvgIpc) is 2.82. The largest absolute Gasteiger partial charge is 0.398 e. The fourth-order valence-electron chi connectivity index (χ4n) is 2.01. The van der Waals surface area contributed by atoms with E-state index in [1.807, 2.05) is 31.2 Å². The van der Waals surface area contributed by atoms with Crippen LogP contribution in [0, 0.1) is 0 Å². The molecule has 0 saturated heterocycles. The fourth-order valence-corrected chi connectivity index (χ4v) is 3.02. The molecule has 3 aromatic rings. The molecule has 0 saturated carbocycles. The number of pyridine rings is 1. The molecule has 2 heterocycles. The lowest BCUT2D eigenvalue weighted by Gasteiger charge is -2.07. The van der Waals surface area contributed by atoms with Gasteiger partial charge in [0.05, 0.1) is 5.52 Å². The SMILES string of the molecule is CCn1c(Sc2ccc(N)c3cccnc23)n[nH]c1=O. The zero-order chi connectivity index (χ0) is 14.1. The van der Waals surface area contributed by atoms with Crippen molar-refractivity contribution in [3.05, 3.63) is 40.9 Å². The number of anilines is 1. The Bertz CT molecular complexity index is 823. The van der Waals surface area contributed by atoms with Crippen LogP contribution in [0.15, 0.2) is 45.3 Å². The molecule has 0 aliphatic carbocycles. The number of hydrogen-bond donors (Lipinski definition) is 2. The summed E-state index contributed by atoms with van der Waals surface area (Å²) < 4.78 is 1.58. The number of hydrogen-bond acceptors (Lipinski definition) is 5. The van der Waals surface area contributed by atoms with Crippen LogP contribution in [0.5, 0.6) is 0 Å². The lowest BCUT2D eigenvalue weighted by atomic mass is 10.2. The van der Waals surface area contributed by atoms with Crippen LogP contribution in [0.4, 0.5) is 5.69 Å². The highest BCUT2D eigenvalue weighted by atomic mass is 32.2. The number of nitrogens with zero attached hydrogens (tertiary/aromatic N) is 3. The maximum atomic E-state index is 11.6. The van der Waals surface area contributed by atoms with E-state index in [-0.39, 0.29) is 5.69 Å². The molecule has 3 rings (SSSR count). The molecule has 0 spiro atoms. The number of aromatic nitrogens is 4. The summed E-state index contributed by atoms with van der Waals surface area (Å²) in [6, 6.07) is 7.52. The first-order chi connectivity index (χ1) is 9.70. The van der Waals surface area contributed by atoms with Crippen molar-refractivity contribution in [1.82, 2.24) is 19.7 Å². The normalized spacial score (nSPS) is 11.1. The van der Waals surface area contributed by atoms with Crippen molar-refractivity contribution >= 4 is 28.4 Å². The van der Waals surface area contributed by atoms with Gasteiger partial charge in [-0.2, -0.15) is 0 Å². The molecule has 0 aliphatic rings. The maximum Gasteiger partial charge on any atom is 0.343 e. The summed E-state index contributed by atoms with van der Waals surface area (Å²) in [5.41, 5.74) is 7.25. The fraction of sp³-hybridized carbons (Fsp3) is 0.154. The summed E-state index contributed by atoms with van der Waals surface area (Å²) in [5, 5.41) is 8.02. The Balaban J connectivity index is 2.11. The van der Waals surface area contributed by atoms with Crippen molar-refractivity contribution in [2.24, 2.45) is 0 Å². The molecule has 7 heteroatoms. The third kappa shape index (κ3) is 2.05. The Morgan fingerprint density at radius 2 is 2.25 bits per heavy atom. The number of fused-ring (bicyclic) bond motifs is 1. The van der Waals surface area contributed by atoms with Gasteiger partial charge in [-0.25, -0.2) is 9.89 Å². The van der Waals surface area contributed by atoms with Crippen LogP contribution in [-0.2, 0) is 6.54 Å². The smallest absolute Gasteiger partial charge is 0.343 e. The van der Waals surface area contributed by atoms with E-state index in [0.717, 1.165) is 15.8 Å². The van der Waals surface area contributed by atoms with Crippen LogP contribution in [0.3, 0.4) is 0 Å². The summed E-state index contributed by atoms with van der Waals surface area (Å²) in [7, 11) is 0. The summed E-state index contributed by atoms with van der Waals surface area (Å²) in [5.74, 6) is 0. The zero-order valence-electron chi connectivity index (χ0n) is 10.8. The van der Waals surface area contributed by atoms with E-state index in [0.29, 0.717) is 17.4 Å². The minimum atomic E-state index is -0.206. The number of benzene rings is 1. The molecule has 0 bridgehead atoms. The summed E-state index contributed by atoms with van der Waals surface area (Å²) in [6.07, 6.45) is 1.73. The molecule has 102 valence electrons. The monoisotopic (exact) mass is 287 g/mol. The lowest BCUT2D eigenvalue weighted by molar-refractivity contribution is 0.660. The average molecular weight is 287 g/mol. The summed E-state index contributed by atoms with van der Waals surface area (Å²) in [6.45, 7) is 2.47. The van der Waals surface area contributed by atoms with Gasteiger partial charge in [0.2, 0.25) is 0 Å². The van der Waals surface area contributed by atoms with E-state index in [2.05, 4.69) is 15.2 Å².